The minimum atomic E-state index is 0.0630. The molecule has 2 aliphatic rings. The number of nitrogens with zero attached hydrogens (tertiary/aromatic N) is 4. The number of carbonyl (C=O) groups is 1. The number of hydrogen-bond donors (Lipinski definition) is 1. The number of rotatable bonds is 4. The fourth-order valence-corrected chi connectivity index (χ4v) is 4.01. The van der Waals surface area contributed by atoms with Crippen LogP contribution < -0.4 is 5.32 Å². The lowest BCUT2D eigenvalue weighted by Crippen LogP contribution is -2.48. The summed E-state index contributed by atoms with van der Waals surface area (Å²) in [5, 5.41) is 7.98. The van der Waals surface area contributed by atoms with Crippen LogP contribution in [-0.4, -0.2) is 64.8 Å². The maximum Gasteiger partial charge on any atom is 0.274 e. The molecule has 3 heterocycles. The molecule has 0 spiro atoms. The lowest BCUT2D eigenvalue weighted by molar-refractivity contribution is 0.0621. The van der Waals surface area contributed by atoms with Crippen molar-refractivity contribution in [1.29, 1.82) is 0 Å². The molecule has 27 heavy (non-hydrogen) atoms. The lowest BCUT2D eigenvalue weighted by Gasteiger charge is -2.34. The molecule has 1 N–H and O–H groups in total. The molecule has 2 saturated heterocycles. The van der Waals surface area contributed by atoms with Crippen molar-refractivity contribution in [2.45, 2.75) is 32.4 Å². The Labute approximate surface area is 161 Å². The van der Waals surface area contributed by atoms with E-state index in [0.29, 0.717) is 11.7 Å². The summed E-state index contributed by atoms with van der Waals surface area (Å²) in [6.07, 6.45) is 4.25. The Bertz CT molecular complexity index is 772. The highest BCUT2D eigenvalue weighted by atomic mass is 16.2. The van der Waals surface area contributed by atoms with Crippen LogP contribution >= 0.6 is 0 Å². The summed E-state index contributed by atoms with van der Waals surface area (Å²) in [6, 6.07) is 10.8. The summed E-state index contributed by atoms with van der Waals surface area (Å²) in [6.45, 7) is 8.49. The third-order valence-corrected chi connectivity index (χ3v) is 5.79. The van der Waals surface area contributed by atoms with Gasteiger partial charge >= 0.3 is 0 Å². The summed E-state index contributed by atoms with van der Waals surface area (Å²) in [7, 11) is 0. The van der Waals surface area contributed by atoms with Crippen molar-refractivity contribution in [3.8, 4) is 0 Å². The van der Waals surface area contributed by atoms with Gasteiger partial charge in [-0.05, 0) is 43.5 Å². The zero-order chi connectivity index (χ0) is 18.6. The molecule has 2 aliphatic heterocycles. The lowest BCUT2D eigenvalue weighted by atomic mass is 10.1. The van der Waals surface area contributed by atoms with Crippen LogP contribution in [0.5, 0.6) is 0 Å². The number of carbonyl (C=O) groups excluding carboxylic acids is 1. The van der Waals surface area contributed by atoms with E-state index in [0.717, 1.165) is 58.7 Å². The highest BCUT2D eigenvalue weighted by Gasteiger charge is 2.25. The summed E-state index contributed by atoms with van der Waals surface area (Å²) in [5.41, 5.74) is 3.28. The quantitative estimate of drug-likeness (QED) is 0.899. The molecule has 4 rings (SSSR count). The third kappa shape index (κ3) is 4.22. The van der Waals surface area contributed by atoms with Gasteiger partial charge in [0.25, 0.3) is 5.91 Å². The Kier molecular flexibility index (Phi) is 5.55. The molecule has 1 aromatic heterocycles. The van der Waals surface area contributed by atoms with Crippen LogP contribution in [0.4, 0.5) is 0 Å². The van der Waals surface area contributed by atoms with Crippen LogP contribution in [0.15, 0.2) is 36.5 Å². The average molecular weight is 367 g/mol. The van der Waals surface area contributed by atoms with Gasteiger partial charge in [-0.2, -0.15) is 5.10 Å². The van der Waals surface area contributed by atoms with Crippen molar-refractivity contribution in [2.75, 3.05) is 39.3 Å². The topological polar surface area (TPSA) is 53.4 Å². The summed E-state index contributed by atoms with van der Waals surface area (Å²) in [5.74, 6) is 0.0630. The van der Waals surface area contributed by atoms with E-state index >= 15 is 0 Å². The Morgan fingerprint density at radius 2 is 2.00 bits per heavy atom. The van der Waals surface area contributed by atoms with Crippen molar-refractivity contribution >= 4 is 5.91 Å². The maximum atomic E-state index is 12.8. The zero-order valence-corrected chi connectivity index (χ0v) is 16.1. The number of nitrogens with one attached hydrogen (secondary N) is 1. The molecule has 6 nitrogen and oxygen atoms in total. The largest absolute Gasteiger partial charge is 0.335 e. The van der Waals surface area contributed by atoms with E-state index in [1.807, 2.05) is 21.8 Å². The number of aryl methyl sites for hydroxylation is 1. The summed E-state index contributed by atoms with van der Waals surface area (Å²) >= 11 is 0. The van der Waals surface area contributed by atoms with Gasteiger partial charge < -0.3 is 10.2 Å². The van der Waals surface area contributed by atoms with Gasteiger partial charge in [0.05, 0.1) is 6.04 Å². The van der Waals surface area contributed by atoms with E-state index < -0.39 is 0 Å². The predicted molar refractivity (Wildman–Crippen MR) is 106 cm³/mol. The van der Waals surface area contributed by atoms with Crippen LogP contribution in [0.2, 0.25) is 0 Å². The molecule has 2 fully saturated rings. The molecular formula is C21H29N5O. The number of hydrogen-bond acceptors (Lipinski definition) is 4. The van der Waals surface area contributed by atoms with Gasteiger partial charge in [0.15, 0.2) is 0 Å². The van der Waals surface area contributed by atoms with Crippen molar-refractivity contribution in [1.82, 2.24) is 24.9 Å². The van der Waals surface area contributed by atoms with E-state index in [2.05, 4.69) is 46.5 Å². The van der Waals surface area contributed by atoms with Crippen molar-refractivity contribution in [3.63, 3.8) is 0 Å². The Hall–Kier alpha value is -2.18. The number of piperazine rings is 1. The van der Waals surface area contributed by atoms with Crippen molar-refractivity contribution < 1.29 is 4.79 Å². The standard InChI is InChI=1S/C21H29N5O/c1-17-5-2-3-6-18(17)16-24-11-13-25(14-12-24)21(27)20-8-10-26(23-20)19-7-4-9-22-15-19/h2-3,5-6,8,10,19,22H,4,7,9,11-16H2,1H3. The molecule has 1 unspecified atom stereocenters. The van der Waals surface area contributed by atoms with Crippen molar-refractivity contribution in [3.05, 3.63) is 53.3 Å². The van der Waals surface area contributed by atoms with Gasteiger partial charge in [-0.1, -0.05) is 24.3 Å². The molecule has 0 radical (unpaired) electrons. The molecule has 1 atom stereocenters. The second-order valence-electron chi connectivity index (χ2n) is 7.68. The van der Waals surface area contributed by atoms with Crippen LogP contribution in [0, 0.1) is 6.92 Å². The second-order valence-corrected chi connectivity index (χ2v) is 7.68. The van der Waals surface area contributed by atoms with Gasteiger partial charge in [-0.25, -0.2) is 0 Å². The van der Waals surface area contributed by atoms with Gasteiger partial charge in [0.1, 0.15) is 5.69 Å². The smallest absolute Gasteiger partial charge is 0.274 e. The van der Waals surface area contributed by atoms with E-state index in [4.69, 9.17) is 0 Å². The first-order valence-electron chi connectivity index (χ1n) is 10.0. The van der Waals surface area contributed by atoms with Gasteiger partial charge in [-0.3, -0.25) is 14.4 Å². The molecule has 0 saturated carbocycles. The molecule has 1 amide bonds. The molecule has 0 bridgehead atoms. The van der Waals surface area contributed by atoms with Crippen LogP contribution in [0.1, 0.15) is 40.5 Å². The van der Waals surface area contributed by atoms with Gasteiger partial charge in [0, 0.05) is 45.5 Å². The third-order valence-electron chi connectivity index (χ3n) is 5.79. The first-order chi connectivity index (χ1) is 13.2. The van der Waals surface area contributed by atoms with E-state index in [1.165, 1.54) is 11.1 Å². The Balaban J connectivity index is 1.32. The number of benzene rings is 1. The Morgan fingerprint density at radius 3 is 2.74 bits per heavy atom. The average Bonchev–Trinajstić information content (AvgIpc) is 3.21. The fourth-order valence-electron chi connectivity index (χ4n) is 4.01. The first-order valence-corrected chi connectivity index (χ1v) is 10.0. The number of piperidine rings is 1. The molecule has 2 aromatic rings. The highest BCUT2D eigenvalue weighted by Crippen LogP contribution is 2.17. The summed E-state index contributed by atoms with van der Waals surface area (Å²) in [4.78, 5) is 17.2. The van der Waals surface area contributed by atoms with E-state index in [1.54, 1.807) is 0 Å². The monoisotopic (exact) mass is 367 g/mol. The van der Waals surface area contributed by atoms with Gasteiger partial charge in [0.2, 0.25) is 0 Å². The zero-order valence-electron chi connectivity index (χ0n) is 16.1. The fraction of sp³-hybridized carbons (Fsp3) is 0.524. The van der Waals surface area contributed by atoms with Crippen LogP contribution in [0.25, 0.3) is 0 Å². The Morgan fingerprint density at radius 1 is 1.19 bits per heavy atom. The first kappa shape index (κ1) is 18.2. The van der Waals surface area contributed by atoms with Crippen LogP contribution in [-0.2, 0) is 6.54 Å². The summed E-state index contributed by atoms with van der Waals surface area (Å²) < 4.78 is 1.97. The molecule has 6 heteroatoms. The predicted octanol–water partition coefficient (Wildman–Crippen LogP) is 2.07. The SMILES string of the molecule is Cc1ccccc1CN1CCN(C(=O)c2ccn(C3CCCNC3)n2)CC1. The van der Waals surface area contributed by atoms with Crippen LogP contribution in [0.3, 0.4) is 0 Å². The number of amides is 1. The van der Waals surface area contributed by atoms with Crippen molar-refractivity contribution in [2.24, 2.45) is 0 Å². The van der Waals surface area contributed by atoms with E-state index in [9.17, 15) is 4.79 Å². The molecule has 0 aliphatic carbocycles. The molecular weight excluding hydrogens is 338 g/mol. The number of aromatic nitrogens is 2. The minimum absolute atomic E-state index is 0.0630. The van der Waals surface area contributed by atoms with Gasteiger partial charge in [-0.15, -0.1) is 0 Å². The molecule has 144 valence electrons. The van der Waals surface area contributed by atoms with E-state index in [-0.39, 0.29) is 5.91 Å². The maximum absolute atomic E-state index is 12.8. The second kappa shape index (κ2) is 8.23. The normalized spacial score (nSPS) is 21.4. The minimum Gasteiger partial charge on any atom is -0.335 e. The highest BCUT2D eigenvalue weighted by molar-refractivity contribution is 5.92. The molecule has 1 aromatic carbocycles.